The van der Waals surface area contributed by atoms with Crippen LogP contribution in [0.25, 0.3) is 0 Å². The fourth-order valence-corrected chi connectivity index (χ4v) is 2.73. The summed E-state index contributed by atoms with van der Waals surface area (Å²) in [6.07, 6.45) is 3.25. The van der Waals surface area contributed by atoms with Crippen molar-refractivity contribution in [3.8, 4) is 0 Å². The van der Waals surface area contributed by atoms with Crippen LogP contribution in [-0.2, 0) is 6.42 Å². The van der Waals surface area contributed by atoms with Crippen LogP contribution >= 0.6 is 15.9 Å². The summed E-state index contributed by atoms with van der Waals surface area (Å²) in [6, 6.07) is 7.41. The number of aromatic nitrogens is 2. The molecule has 0 N–H and O–H groups in total. The van der Waals surface area contributed by atoms with Gasteiger partial charge in [0.15, 0.2) is 0 Å². The lowest BCUT2D eigenvalue weighted by Gasteiger charge is -2.05. The second-order valence-corrected chi connectivity index (χ2v) is 5.90. The van der Waals surface area contributed by atoms with Crippen LogP contribution in [0, 0.1) is 13.8 Å². The fraction of sp³-hybridized carbons (Fsp3) is 0.375. The SMILES string of the molecule is CCCCc1c(C)nn(C(=O)c2cccc(Br)c2)c1C. The summed E-state index contributed by atoms with van der Waals surface area (Å²) in [4.78, 5) is 12.5. The molecular formula is C16H19BrN2O. The van der Waals surface area contributed by atoms with E-state index in [1.165, 1.54) is 10.2 Å². The van der Waals surface area contributed by atoms with E-state index < -0.39 is 0 Å². The Bertz CT molecular complexity index is 631. The maximum Gasteiger partial charge on any atom is 0.278 e. The molecule has 0 aliphatic heterocycles. The zero-order valence-electron chi connectivity index (χ0n) is 12.1. The molecule has 0 aliphatic rings. The van der Waals surface area contributed by atoms with Gasteiger partial charge in [-0.25, -0.2) is 4.68 Å². The lowest BCUT2D eigenvalue weighted by Crippen LogP contribution is -2.15. The molecule has 0 radical (unpaired) electrons. The van der Waals surface area contributed by atoms with Crippen molar-refractivity contribution in [2.24, 2.45) is 0 Å². The third kappa shape index (κ3) is 3.01. The molecular weight excluding hydrogens is 316 g/mol. The maximum absolute atomic E-state index is 12.5. The third-order valence-corrected chi connectivity index (χ3v) is 3.98. The Morgan fingerprint density at radius 3 is 2.75 bits per heavy atom. The van der Waals surface area contributed by atoms with Crippen LogP contribution in [0.15, 0.2) is 28.7 Å². The number of hydrogen-bond donors (Lipinski definition) is 0. The van der Waals surface area contributed by atoms with Gasteiger partial charge in [-0.3, -0.25) is 4.79 Å². The highest BCUT2D eigenvalue weighted by Gasteiger charge is 2.17. The number of unbranched alkanes of at least 4 members (excludes halogenated alkanes) is 1. The second-order valence-electron chi connectivity index (χ2n) is 4.98. The average Bonchev–Trinajstić information content (AvgIpc) is 2.71. The number of benzene rings is 1. The van der Waals surface area contributed by atoms with Gasteiger partial charge in [0.1, 0.15) is 0 Å². The second kappa shape index (κ2) is 6.35. The number of aryl methyl sites for hydroxylation is 1. The lowest BCUT2D eigenvalue weighted by molar-refractivity contribution is 0.0942. The van der Waals surface area contributed by atoms with Gasteiger partial charge in [-0.2, -0.15) is 5.10 Å². The molecule has 2 aromatic rings. The summed E-state index contributed by atoms with van der Waals surface area (Å²) >= 11 is 3.39. The Morgan fingerprint density at radius 1 is 1.35 bits per heavy atom. The zero-order chi connectivity index (χ0) is 14.7. The monoisotopic (exact) mass is 334 g/mol. The van der Waals surface area contributed by atoms with E-state index in [-0.39, 0.29) is 5.91 Å². The molecule has 0 saturated heterocycles. The number of rotatable bonds is 4. The lowest BCUT2D eigenvalue weighted by atomic mass is 10.1. The van der Waals surface area contributed by atoms with Crippen molar-refractivity contribution in [2.45, 2.75) is 40.0 Å². The molecule has 3 nitrogen and oxygen atoms in total. The smallest absolute Gasteiger partial charge is 0.267 e. The first-order valence-electron chi connectivity index (χ1n) is 6.90. The summed E-state index contributed by atoms with van der Waals surface area (Å²) in [6.45, 7) is 6.12. The van der Waals surface area contributed by atoms with E-state index in [9.17, 15) is 4.79 Å². The minimum Gasteiger partial charge on any atom is -0.267 e. The van der Waals surface area contributed by atoms with E-state index in [0.717, 1.165) is 35.1 Å². The van der Waals surface area contributed by atoms with Crippen LogP contribution < -0.4 is 0 Å². The van der Waals surface area contributed by atoms with Crippen LogP contribution in [0.3, 0.4) is 0 Å². The average molecular weight is 335 g/mol. The summed E-state index contributed by atoms with van der Waals surface area (Å²) in [5.41, 5.74) is 3.77. The van der Waals surface area contributed by atoms with E-state index in [2.05, 4.69) is 28.0 Å². The Labute approximate surface area is 128 Å². The third-order valence-electron chi connectivity index (χ3n) is 3.49. The molecule has 1 heterocycles. The molecule has 0 fully saturated rings. The van der Waals surface area contributed by atoms with Crippen LogP contribution in [-0.4, -0.2) is 15.7 Å². The maximum atomic E-state index is 12.5. The van der Waals surface area contributed by atoms with E-state index in [1.807, 2.05) is 38.1 Å². The van der Waals surface area contributed by atoms with Gasteiger partial charge in [0.05, 0.1) is 5.69 Å². The van der Waals surface area contributed by atoms with Gasteiger partial charge in [0.2, 0.25) is 0 Å². The van der Waals surface area contributed by atoms with Crippen molar-refractivity contribution in [3.05, 3.63) is 51.3 Å². The minimum absolute atomic E-state index is 0.0744. The minimum atomic E-state index is -0.0744. The molecule has 0 aliphatic carbocycles. The van der Waals surface area contributed by atoms with Crippen molar-refractivity contribution in [1.82, 2.24) is 9.78 Å². The molecule has 20 heavy (non-hydrogen) atoms. The Balaban J connectivity index is 2.36. The zero-order valence-corrected chi connectivity index (χ0v) is 13.7. The molecule has 2 rings (SSSR count). The van der Waals surface area contributed by atoms with Crippen molar-refractivity contribution < 1.29 is 4.79 Å². The molecule has 0 amide bonds. The van der Waals surface area contributed by atoms with Gasteiger partial charge in [-0.1, -0.05) is 35.3 Å². The Kier molecular flexibility index (Phi) is 4.76. The summed E-state index contributed by atoms with van der Waals surface area (Å²) < 4.78 is 2.43. The highest BCUT2D eigenvalue weighted by Crippen LogP contribution is 2.18. The number of carbonyl (C=O) groups excluding carboxylic acids is 1. The van der Waals surface area contributed by atoms with Gasteiger partial charge >= 0.3 is 0 Å². The van der Waals surface area contributed by atoms with E-state index in [0.29, 0.717) is 5.56 Å². The van der Waals surface area contributed by atoms with Gasteiger partial charge < -0.3 is 0 Å². The Morgan fingerprint density at radius 2 is 2.10 bits per heavy atom. The van der Waals surface area contributed by atoms with Gasteiger partial charge in [0.25, 0.3) is 5.91 Å². The summed E-state index contributed by atoms with van der Waals surface area (Å²) in [5, 5.41) is 4.42. The van der Waals surface area contributed by atoms with Crippen LogP contribution in [0.1, 0.15) is 47.1 Å². The highest BCUT2D eigenvalue weighted by atomic mass is 79.9. The number of hydrogen-bond acceptors (Lipinski definition) is 2. The van der Waals surface area contributed by atoms with E-state index in [4.69, 9.17) is 0 Å². The normalized spacial score (nSPS) is 10.8. The first-order chi connectivity index (χ1) is 9.54. The fourth-order valence-electron chi connectivity index (χ4n) is 2.33. The van der Waals surface area contributed by atoms with Crippen LogP contribution in [0.5, 0.6) is 0 Å². The van der Waals surface area contributed by atoms with Crippen molar-refractivity contribution in [1.29, 1.82) is 0 Å². The number of halogens is 1. The molecule has 0 atom stereocenters. The molecule has 0 unspecified atom stereocenters. The van der Waals surface area contributed by atoms with E-state index in [1.54, 1.807) is 0 Å². The van der Waals surface area contributed by atoms with Crippen LogP contribution in [0.4, 0.5) is 0 Å². The number of nitrogens with zero attached hydrogens (tertiary/aromatic N) is 2. The van der Waals surface area contributed by atoms with Crippen molar-refractivity contribution in [3.63, 3.8) is 0 Å². The predicted molar refractivity (Wildman–Crippen MR) is 84.2 cm³/mol. The standard InChI is InChI=1S/C16H19BrN2O/c1-4-5-9-15-11(2)18-19(12(15)3)16(20)13-7-6-8-14(17)10-13/h6-8,10H,4-5,9H2,1-3H3. The van der Waals surface area contributed by atoms with Crippen molar-refractivity contribution >= 4 is 21.8 Å². The highest BCUT2D eigenvalue weighted by molar-refractivity contribution is 9.10. The quantitative estimate of drug-likeness (QED) is 0.835. The molecule has 0 spiro atoms. The topological polar surface area (TPSA) is 34.9 Å². The van der Waals surface area contributed by atoms with Crippen LogP contribution in [0.2, 0.25) is 0 Å². The molecule has 106 valence electrons. The molecule has 0 saturated carbocycles. The first kappa shape index (κ1) is 15.0. The van der Waals surface area contributed by atoms with Gasteiger partial charge in [0, 0.05) is 15.7 Å². The van der Waals surface area contributed by atoms with Gasteiger partial charge in [-0.05, 0) is 50.5 Å². The molecule has 4 heteroatoms. The summed E-state index contributed by atoms with van der Waals surface area (Å²) in [5.74, 6) is -0.0744. The number of carbonyl (C=O) groups is 1. The molecule has 1 aromatic heterocycles. The summed E-state index contributed by atoms with van der Waals surface area (Å²) in [7, 11) is 0. The van der Waals surface area contributed by atoms with E-state index >= 15 is 0 Å². The van der Waals surface area contributed by atoms with Gasteiger partial charge in [-0.15, -0.1) is 0 Å². The van der Waals surface area contributed by atoms with Crippen molar-refractivity contribution in [2.75, 3.05) is 0 Å². The molecule has 1 aromatic carbocycles. The first-order valence-corrected chi connectivity index (χ1v) is 7.69. The Hall–Kier alpha value is -1.42. The predicted octanol–water partition coefficient (Wildman–Crippen LogP) is 4.29. The molecule has 0 bridgehead atoms. The largest absolute Gasteiger partial charge is 0.278 e.